The third-order valence-corrected chi connectivity index (χ3v) is 4.69. The Balaban J connectivity index is 2.07. The molecule has 0 N–H and O–H groups in total. The monoisotopic (exact) mass is 384 g/mol. The van der Waals surface area contributed by atoms with Crippen LogP contribution in [-0.2, 0) is 17.5 Å². The minimum Gasteiger partial charge on any atom is -0.367 e. The number of alkyl halides is 5. The Labute approximate surface area is 146 Å². The molecule has 1 aliphatic rings. The normalized spacial score (nSPS) is 22.5. The molecule has 26 heavy (non-hydrogen) atoms. The summed E-state index contributed by atoms with van der Waals surface area (Å²) in [6.45, 7) is 3.08. The van der Waals surface area contributed by atoms with E-state index in [-0.39, 0.29) is 11.5 Å². The van der Waals surface area contributed by atoms with Gasteiger partial charge >= 0.3 is 6.18 Å². The Kier molecular flexibility index (Phi) is 6.71. The topological polar surface area (TPSA) is 9.23 Å². The SMILES string of the molecule is C=CC1CCC(C(OCc2cc(F)c(C(F)(F)F)c(F)c2)C(F)F)CC1. The van der Waals surface area contributed by atoms with Crippen molar-refractivity contribution in [3.63, 3.8) is 0 Å². The molecule has 1 fully saturated rings. The standard InChI is InChI=1S/C18H19F7O/c1-2-10-3-5-12(6-4-10)16(17(21)22)26-9-11-7-13(19)15(14(20)8-11)18(23,24)25/h2,7-8,10,12,16-17H,1,3-6,9H2. The first-order chi connectivity index (χ1) is 12.1. The first kappa shape index (κ1) is 20.7. The van der Waals surface area contributed by atoms with Gasteiger partial charge in [0, 0.05) is 0 Å². The summed E-state index contributed by atoms with van der Waals surface area (Å²) in [7, 11) is 0. The van der Waals surface area contributed by atoms with Crippen LogP contribution in [0.25, 0.3) is 0 Å². The van der Waals surface area contributed by atoms with Gasteiger partial charge in [-0.05, 0) is 55.2 Å². The van der Waals surface area contributed by atoms with E-state index in [4.69, 9.17) is 4.74 Å². The van der Waals surface area contributed by atoms with E-state index >= 15 is 0 Å². The lowest BCUT2D eigenvalue weighted by molar-refractivity contribution is -0.142. The first-order valence-electron chi connectivity index (χ1n) is 8.21. The van der Waals surface area contributed by atoms with Crippen molar-refractivity contribution in [2.45, 2.75) is 51.0 Å². The summed E-state index contributed by atoms with van der Waals surface area (Å²) in [6.07, 6.45) is -5.23. The highest BCUT2D eigenvalue weighted by molar-refractivity contribution is 5.28. The van der Waals surface area contributed by atoms with Crippen LogP contribution in [0.3, 0.4) is 0 Å². The Bertz CT molecular complexity index is 595. The van der Waals surface area contributed by atoms with Crippen LogP contribution in [-0.4, -0.2) is 12.5 Å². The van der Waals surface area contributed by atoms with Gasteiger partial charge in [-0.2, -0.15) is 13.2 Å². The minimum absolute atomic E-state index is 0.265. The molecule has 1 atom stereocenters. The lowest BCUT2D eigenvalue weighted by atomic mass is 9.79. The van der Waals surface area contributed by atoms with Crippen LogP contribution in [0.15, 0.2) is 24.8 Å². The highest BCUT2D eigenvalue weighted by Gasteiger charge is 2.38. The Hall–Kier alpha value is -1.57. The largest absolute Gasteiger partial charge is 0.422 e. The van der Waals surface area contributed by atoms with Crippen molar-refractivity contribution in [2.75, 3.05) is 0 Å². The van der Waals surface area contributed by atoms with Crippen molar-refractivity contribution in [2.24, 2.45) is 11.8 Å². The summed E-state index contributed by atoms with van der Waals surface area (Å²) in [4.78, 5) is 0. The Morgan fingerprint density at radius 1 is 1.08 bits per heavy atom. The quantitative estimate of drug-likeness (QED) is 0.424. The van der Waals surface area contributed by atoms with Gasteiger partial charge in [0.15, 0.2) is 0 Å². The fourth-order valence-corrected chi connectivity index (χ4v) is 3.30. The second-order valence-electron chi connectivity index (χ2n) is 6.45. The van der Waals surface area contributed by atoms with Gasteiger partial charge < -0.3 is 4.74 Å². The lowest BCUT2D eigenvalue weighted by Crippen LogP contribution is -2.33. The third-order valence-electron chi connectivity index (χ3n) is 4.69. The van der Waals surface area contributed by atoms with E-state index in [9.17, 15) is 30.7 Å². The average Bonchev–Trinajstić information content (AvgIpc) is 2.53. The molecule has 0 saturated heterocycles. The molecule has 2 rings (SSSR count). The smallest absolute Gasteiger partial charge is 0.367 e. The highest BCUT2D eigenvalue weighted by Crippen LogP contribution is 2.36. The van der Waals surface area contributed by atoms with Gasteiger partial charge in [0.1, 0.15) is 23.3 Å². The van der Waals surface area contributed by atoms with E-state index < -0.39 is 48.4 Å². The molecule has 0 aromatic heterocycles. The molecule has 146 valence electrons. The van der Waals surface area contributed by atoms with Gasteiger partial charge in [0.05, 0.1) is 6.61 Å². The number of halogens is 7. The summed E-state index contributed by atoms with van der Waals surface area (Å²) in [5.74, 6) is -3.75. The molecule has 1 aliphatic carbocycles. The molecule has 1 nitrogen and oxygen atoms in total. The molecule has 8 heteroatoms. The maximum absolute atomic E-state index is 13.6. The zero-order valence-corrected chi connectivity index (χ0v) is 13.8. The highest BCUT2D eigenvalue weighted by atomic mass is 19.4. The number of hydrogen-bond acceptors (Lipinski definition) is 1. The molecule has 0 bridgehead atoms. The molecule has 0 amide bonds. The second-order valence-corrected chi connectivity index (χ2v) is 6.45. The van der Waals surface area contributed by atoms with Crippen LogP contribution < -0.4 is 0 Å². The fraction of sp³-hybridized carbons (Fsp3) is 0.556. The van der Waals surface area contributed by atoms with E-state index in [1.807, 2.05) is 0 Å². The first-order valence-corrected chi connectivity index (χ1v) is 8.21. The molecule has 1 aromatic rings. The Morgan fingerprint density at radius 2 is 1.62 bits per heavy atom. The van der Waals surface area contributed by atoms with E-state index in [1.54, 1.807) is 6.08 Å². The molecular weight excluding hydrogens is 365 g/mol. The van der Waals surface area contributed by atoms with Crippen molar-refractivity contribution in [1.82, 2.24) is 0 Å². The number of hydrogen-bond donors (Lipinski definition) is 0. The van der Waals surface area contributed by atoms with E-state index in [2.05, 4.69) is 6.58 Å². The lowest BCUT2D eigenvalue weighted by Gasteiger charge is -2.32. The van der Waals surface area contributed by atoms with E-state index in [0.29, 0.717) is 37.8 Å². The maximum Gasteiger partial charge on any atom is 0.422 e. The van der Waals surface area contributed by atoms with Gasteiger partial charge in [0.2, 0.25) is 0 Å². The van der Waals surface area contributed by atoms with Crippen molar-refractivity contribution in [3.8, 4) is 0 Å². The molecule has 0 heterocycles. The maximum atomic E-state index is 13.6. The Morgan fingerprint density at radius 3 is 2.04 bits per heavy atom. The van der Waals surface area contributed by atoms with Crippen molar-refractivity contribution in [1.29, 1.82) is 0 Å². The zero-order chi connectivity index (χ0) is 19.5. The predicted octanol–water partition coefficient (Wildman–Crippen LogP) is 6.13. The van der Waals surface area contributed by atoms with Gasteiger partial charge in [-0.25, -0.2) is 17.6 Å². The number of allylic oxidation sites excluding steroid dienone is 1. The molecule has 1 unspecified atom stereocenters. The van der Waals surface area contributed by atoms with Gasteiger partial charge in [-0.15, -0.1) is 6.58 Å². The zero-order valence-electron chi connectivity index (χ0n) is 13.8. The molecule has 0 aliphatic heterocycles. The van der Waals surface area contributed by atoms with Gasteiger partial charge in [-0.3, -0.25) is 0 Å². The van der Waals surface area contributed by atoms with E-state index in [1.165, 1.54) is 0 Å². The molecular formula is C18H19F7O. The van der Waals surface area contributed by atoms with Gasteiger partial charge in [0.25, 0.3) is 6.43 Å². The summed E-state index contributed by atoms with van der Waals surface area (Å²) in [6, 6.07) is 0.923. The van der Waals surface area contributed by atoms with Crippen LogP contribution in [0.2, 0.25) is 0 Å². The number of rotatable bonds is 6. The van der Waals surface area contributed by atoms with Crippen LogP contribution in [0.1, 0.15) is 36.8 Å². The molecule has 0 radical (unpaired) electrons. The third kappa shape index (κ3) is 4.99. The van der Waals surface area contributed by atoms with Crippen molar-refractivity contribution in [3.05, 3.63) is 47.5 Å². The fourth-order valence-electron chi connectivity index (χ4n) is 3.30. The van der Waals surface area contributed by atoms with Crippen molar-refractivity contribution >= 4 is 0 Å². The molecule has 1 aromatic carbocycles. The van der Waals surface area contributed by atoms with Crippen LogP contribution in [0.4, 0.5) is 30.7 Å². The summed E-state index contributed by atoms with van der Waals surface area (Å²) < 4.78 is 96.5. The summed E-state index contributed by atoms with van der Waals surface area (Å²) in [5, 5.41) is 0. The van der Waals surface area contributed by atoms with E-state index in [0.717, 1.165) is 0 Å². The molecule has 0 spiro atoms. The van der Waals surface area contributed by atoms with Crippen molar-refractivity contribution < 1.29 is 35.5 Å². The summed E-state index contributed by atoms with van der Waals surface area (Å²) in [5.41, 5.74) is -2.27. The summed E-state index contributed by atoms with van der Waals surface area (Å²) >= 11 is 0. The predicted molar refractivity (Wildman–Crippen MR) is 81.6 cm³/mol. The minimum atomic E-state index is -5.18. The average molecular weight is 384 g/mol. The van der Waals surface area contributed by atoms with Crippen LogP contribution >= 0.6 is 0 Å². The second kappa shape index (κ2) is 8.41. The number of ether oxygens (including phenoxy) is 1. The number of benzene rings is 1. The molecule has 1 saturated carbocycles. The van der Waals surface area contributed by atoms with Gasteiger partial charge in [-0.1, -0.05) is 6.08 Å². The van der Waals surface area contributed by atoms with Crippen LogP contribution in [0.5, 0.6) is 0 Å². The van der Waals surface area contributed by atoms with Crippen LogP contribution in [0, 0.1) is 23.5 Å².